The Labute approximate surface area is 252 Å². The summed E-state index contributed by atoms with van der Waals surface area (Å²) in [6.45, 7) is -8.76. The van der Waals surface area contributed by atoms with E-state index in [1.165, 1.54) is 23.5 Å². The minimum absolute atomic E-state index is 0.0666. The topological polar surface area (TPSA) is 220 Å². The number of hydrogen-bond donors (Lipinski definition) is 4. The van der Waals surface area contributed by atoms with E-state index in [0.29, 0.717) is 17.6 Å². The summed E-state index contributed by atoms with van der Waals surface area (Å²) in [5.74, 6) is -0.234. The van der Waals surface area contributed by atoms with Gasteiger partial charge in [0.1, 0.15) is 35.9 Å². The van der Waals surface area contributed by atoms with Gasteiger partial charge in [-0.2, -0.15) is 0 Å². The number of alkyl halides is 1. The number of aromatic nitrogens is 8. The van der Waals surface area contributed by atoms with Crippen molar-refractivity contribution in [3.63, 3.8) is 0 Å². The summed E-state index contributed by atoms with van der Waals surface area (Å²) in [6, 6.07) is -0.215. The molecule has 7 rings (SSSR count). The number of thiol groups is 2. The number of anilines is 2. The zero-order chi connectivity index (χ0) is 30.1. The van der Waals surface area contributed by atoms with Crippen LogP contribution in [0.15, 0.2) is 25.3 Å². The molecule has 22 heteroatoms. The average Bonchev–Trinajstić information content (AvgIpc) is 3.64. The third-order valence-corrected chi connectivity index (χ3v) is 11.1. The Morgan fingerprint density at radius 3 is 2.14 bits per heavy atom. The zero-order valence-corrected chi connectivity index (χ0v) is 25.5. The molecule has 9 atom stereocenters. The maximum atomic E-state index is 16.0. The SMILES string of the molecule is Nc1ncnc2c1ncn2[C@@H]1C[C@@H]2CO[P@@](=O)(S)O[C@H]3[C@@H](F)[C@H](n4cnc5c(N)ncnc54)O[C@@H]3CO[P@@](=O)(S)OC[C@H]21. The van der Waals surface area contributed by atoms with Crippen LogP contribution in [0, 0.1) is 11.8 Å². The first kappa shape index (κ1) is 29.3. The van der Waals surface area contributed by atoms with Gasteiger partial charge in [-0.05, 0) is 12.3 Å². The van der Waals surface area contributed by atoms with Crippen molar-refractivity contribution in [3.05, 3.63) is 25.3 Å². The second kappa shape index (κ2) is 10.9. The summed E-state index contributed by atoms with van der Waals surface area (Å²) in [5, 5.41) is 0. The summed E-state index contributed by atoms with van der Waals surface area (Å²) < 4.78 is 74.0. The van der Waals surface area contributed by atoms with Crippen molar-refractivity contribution < 1.29 is 36.4 Å². The number of ether oxygens (including phenoxy) is 1. The molecule has 1 aliphatic carbocycles. The van der Waals surface area contributed by atoms with E-state index < -0.39 is 44.8 Å². The molecule has 0 unspecified atom stereocenters. The van der Waals surface area contributed by atoms with Gasteiger partial charge in [-0.25, -0.2) is 43.4 Å². The molecule has 0 aromatic carbocycles. The van der Waals surface area contributed by atoms with Crippen molar-refractivity contribution in [2.24, 2.45) is 11.8 Å². The third kappa shape index (κ3) is 5.32. The molecule has 4 N–H and O–H groups in total. The van der Waals surface area contributed by atoms with Crippen molar-refractivity contribution in [2.75, 3.05) is 31.3 Å². The van der Waals surface area contributed by atoms with Crippen LogP contribution in [0.3, 0.4) is 0 Å². The molecular weight excluding hydrogens is 649 g/mol. The van der Waals surface area contributed by atoms with Crippen LogP contribution >= 0.6 is 38.1 Å². The van der Waals surface area contributed by atoms with Crippen LogP contribution in [0.2, 0.25) is 0 Å². The lowest BCUT2D eigenvalue weighted by Gasteiger charge is -2.45. The molecule has 0 bridgehead atoms. The van der Waals surface area contributed by atoms with Gasteiger partial charge in [-0.15, -0.1) is 0 Å². The van der Waals surface area contributed by atoms with Gasteiger partial charge in [0.2, 0.25) is 0 Å². The van der Waals surface area contributed by atoms with Gasteiger partial charge >= 0.3 is 13.6 Å². The van der Waals surface area contributed by atoms with Crippen LogP contribution < -0.4 is 11.5 Å². The predicted molar refractivity (Wildman–Crippen MR) is 155 cm³/mol. The van der Waals surface area contributed by atoms with Gasteiger partial charge < -0.3 is 29.8 Å². The number of hydrogen-bond acceptors (Lipinski definition) is 15. The zero-order valence-electron chi connectivity index (χ0n) is 21.9. The summed E-state index contributed by atoms with van der Waals surface area (Å²) in [7, 11) is 0. The summed E-state index contributed by atoms with van der Waals surface area (Å²) in [4.78, 5) is 24.7. The third-order valence-electron chi connectivity index (χ3n) is 7.86. The van der Waals surface area contributed by atoms with E-state index in [1.807, 2.05) is 4.57 Å². The first-order valence-electron chi connectivity index (χ1n) is 12.9. The van der Waals surface area contributed by atoms with Crippen LogP contribution in [0.5, 0.6) is 0 Å². The van der Waals surface area contributed by atoms with Gasteiger partial charge in [0.05, 0.1) is 32.5 Å². The van der Waals surface area contributed by atoms with Crippen molar-refractivity contribution >= 4 is 72.1 Å². The van der Waals surface area contributed by atoms with Crippen LogP contribution in [-0.4, -0.2) is 77.2 Å². The molecule has 43 heavy (non-hydrogen) atoms. The van der Waals surface area contributed by atoms with E-state index in [2.05, 4.69) is 54.4 Å². The second-order valence-corrected chi connectivity index (χ2v) is 16.1. The molecule has 4 aromatic heterocycles. The van der Waals surface area contributed by atoms with Crippen molar-refractivity contribution in [1.29, 1.82) is 0 Å². The number of imidazole rings is 2. The van der Waals surface area contributed by atoms with Gasteiger partial charge in [-0.3, -0.25) is 13.6 Å². The Morgan fingerprint density at radius 1 is 0.837 bits per heavy atom. The molecule has 230 valence electrons. The van der Waals surface area contributed by atoms with Crippen LogP contribution in [0.1, 0.15) is 18.7 Å². The van der Waals surface area contributed by atoms with Gasteiger partial charge in [-0.1, -0.05) is 24.5 Å². The number of nitrogens with zero attached hydrogens (tertiary/aromatic N) is 8. The molecule has 3 aliphatic rings. The molecule has 0 radical (unpaired) electrons. The molecule has 6 heterocycles. The highest BCUT2D eigenvalue weighted by molar-refractivity contribution is 8.44. The molecule has 0 spiro atoms. The largest absolute Gasteiger partial charge is 0.386 e. The molecule has 2 aliphatic heterocycles. The van der Waals surface area contributed by atoms with Crippen molar-refractivity contribution in [2.45, 2.75) is 37.1 Å². The highest BCUT2D eigenvalue weighted by Crippen LogP contribution is 2.60. The van der Waals surface area contributed by atoms with E-state index in [9.17, 15) is 9.13 Å². The lowest BCUT2D eigenvalue weighted by atomic mass is 9.70. The average molecular weight is 675 g/mol. The summed E-state index contributed by atoms with van der Waals surface area (Å²) in [5.41, 5.74) is 13.2. The highest BCUT2D eigenvalue weighted by atomic mass is 32.7. The Hall–Kier alpha value is -2.41. The molecule has 0 amide bonds. The molecular formula is C21H25FN10O7P2S2. The maximum absolute atomic E-state index is 16.0. The minimum Gasteiger partial charge on any atom is -0.382 e. The molecule has 3 fully saturated rings. The van der Waals surface area contributed by atoms with Crippen LogP contribution in [0.25, 0.3) is 22.3 Å². The molecule has 1 saturated carbocycles. The lowest BCUT2D eigenvalue weighted by Crippen LogP contribution is -2.43. The number of nitrogens with two attached hydrogens (primary N) is 2. The van der Waals surface area contributed by atoms with Crippen molar-refractivity contribution in [3.8, 4) is 0 Å². The highest BCUT2D eigenvalue weighted by Gasteiger charge is 2.52. The number of fused-ring (bicyclic) bond motifs is 4. The lowest BCUT2D eigenvalue weighted by molar-refractivity contribution is -0.0408. The van der Waals surface area contributed by atoms with E-state index in [-0.39, 0.29) is 53.9 Å². The Bertz CT molecular complexity index is 1800. The molecule has 2 saturated heterocycles. The first-order chi connectivity index (χ1) is 20.5. The summed E-state index contributed by atoms with van der Waals surface area (Å²) >= 11 is 8.24. The number of rotatable bonds is 2. The first-order valence-corrected chi connectivity index (χ1v) is 18.3. The van der Waals surface area contributed by atoms with Crippen LogP contribution in [0.4, 0.5) is 16.0 Å². The molecule has 4 aromatic rings. The van der Waals surface area contributed by atoms with E-state index >= 15 is 4.39 Å². The van der Waals surface area contributed by atoms with E-state index in [4.69, 9.17) is 34.3 Å². The quantitative estimate of drug-likeness (QED) is 0.177. The fourth-order valence-electron chi connectivity index (χ4n) is 5.64. The second-order valence-electron chi connectivity index (χ2n) is 10.3. The predicted octanol–water partition coefficient (Wildman–Crippen LogP) is 2.77. The Kier molecular flexibility index (Phi) is 7.42. The fraction of sp³-hybridized carbons (Fsp3) is 0.524. The normalized spacial score (nSPS) is 37.1. The fourth-order valence-corrected chi connectivity index (χ4v) is 8.34. The van der Waals surface area contributed by atoms with E-state index in [1.54, 1.807) is 6.33 Å². The Morgan fingerprint density at radius 2 is 1.44 bits per heavy atom. The van der Waals surface area contributed by atoms with E-state index in [0.717, 1.165) is 0 Å². The monoisotopic (exact) mass is 674 g/mol. The molecule has 17 nitrogen and oxygen atoms in total. The van der Waals surface area contributed by atoms with Crippen LogP contribution in [-0.2, 0) is 32.0 Å². The Balaban J connectivity index is 1.14. The smallest absolute Gasteiger partial charge is 0.382 e. The summed E-state index contributed by atoms with van der Waals surface area (Å²) in [6.07, 6.45) is -0.0820. The number of halogens is 1. The van der Waals surface area contributed by atoms with Crippen molar-refractivity contribution in [1.82, 2.24) is 39.0 Å². The van der Waals surface area contributed by atoms with Gasteiger partial charge in [0.25, 0.3) is 0 Å². The maximum Gasteiger partial charge on any atom is 0.386 e. The standard InChI is InChI=1S/C21H25FN10O7P2S2/c22-13-16-12(38-21(13)32-8-30-15-18(24)26-6-28-20(15)32)4-37-40(33,42)36-3-10-9(2-35-41(34,43)39-16)1-11(10)31-7-29-14-17(23)25-5-27-19(14)31/h5-13,16,21H,1-4H2,(H,33,42)(H,34,43)(H2,23,25,27)(H2,24,26,28)/t9-,10-,11-,12-,13-,16-,21-,40+,41-/m1/s1. The van der Waals surface area contributed by atoms with Gasteiger partial charge in [0.15, 0.2) is 35.3 Å². The van der Waals surface area contributed by atoms with Gasteiger partial charge in [0, 0.05) is 12.0 Å². The minimum atomic E-state index is -4.14. The number of nitrogen functional groups attached to an aromatic ring is 2.